The summed E-state index contributed by atoms with van der Waals surface area (Å²) in [5.41, 5.74) is 10.8. The maximum atomic E-state index is 11.9. The first kappa shape index (κ1) is 33.6. The van der Waals surface area contributed by atoms with Crippen LogP contribution in [-0.2, 0) is 40.5 Å². The summed E-state index contributed by atoms with van der Waals surface area (Å²) in [6, 6.07) is 15.1. The Balaban J connectivity index is 1.63. The molecule has 246 valence electrons. The fourth-order valence-electron chi connectivity index (χ4n) is 4.59. The topological polar surface area (TPSA) is 292 Å². The number of benzene rings is 5. The molecule has 0 aliphatic carbocycles. The van der Waals surface area contributed by atoms with Crippen molar-refractivity contribution in [3.05, 3.63) is 78.9 Å². The largest absolute Gasteiger partial charge is 0.398 e. The van der Waals surface area contributed by atoms with E-state index in [-0.39, 0.29) is 44.3 Å². The number of azo groups is 1. The van der Waals surface area contributed by atoms with Gasteiger partial charge in [-0.15, -0.1) is 10.2 Å². The van der Waals surface area contributed by atoms with Gasteiger partial charge < -0.3 is 11.2 Å². The van der Waals surface area contributed by atoms with Gasteiger partial charge in [-0.25, -0.2) is 0 Å². The number of hydrazine groups is 1. The molecule has 0 bridgehead atoms. The maximum Gasteiger partial charge on any atom is 0.296 e. The van der Waals surface area contributed by atoms with Crippen LogP contribution in [0.1, 0.15) is 0 Å². The molecule has 0 aromatic heterocycles. The number of nitrogens with two attached hydrogens (primary N) is 1. The van der Waals surface area contributed by atoms with Gasteiger partial charge in [-0.05, 0) is 60.7 Å². The van der Waals surface area contributed by atoms with Crippen molar-refractivity contribution < 1.29 is 51.9 Å². The van der Waals surface area contributed by atoms with Crippen LogP contribution in [0.4, 0.5) is 28.4 Å². The average molecular weight is 724 g/mol. The van der Waals surface area contributed by atoms with Gasteiger partial charge in [-0.3, -0.25) is 23.6 Å². The minimum Gasteiger partial charge on any atom is -0.398 e. The van der Waals surface area contributed by atoms with Crippen molar-refractivity contribution in [2.75, 3.05) is 16.6 Å². The first-order chi connectivity index (χ1) is 21.7. The lowest BCUT2D eigenvalue weighted by Gasteiger charge is -2.16. The van der Waals surface area contributed by atoms with Crippen molar-refractivity contribution in [2.45, 2.75) is 19.6 Å². The summed E-state index contributed by atoms with van der Waals surface area (Å²) >= 11 is 0. The molecule has 0 aliphatic rings. The summed E-state index contributed by atoms with van der Waals surface area (Å²) in [5.74, 6) is 0. The van der Waals surface area contributed by atoms with Crippen molar-refractivity contribution >= 4 is 90.5 Å². The van der Waals surface area contributed by atoms with Crippen molar-refractivity contribution in [3.63, 3.8) is 0 Å². The van der Waals surface area contributed by atoms with Crippen LogP contribution in [0.25, 0.3) is 21.5 Å². The zero-order valence-electron chi connectivity index (χ0n) is 23.2. The van der Waals surface area contributed by atoms with Crippen molar-refractivity contribution in [3.8, 4) is 0 Å². The molecule has 5 aromatic rings. The molecule has 0 amide bonds. The van der Waals surface area contributed by atoms with Gasteiger partial charge in [0.15, 0.2) is 0 Å². The van der Waals surface area contributed by atoms with Gasteiger partial charge in [0.05, 0.1) is 32.5 Å². The number of rotatable bonds is 9. The average Bonchev–Trinajstić information content (AvgIpc) is 2.97. The van der Waals surface area contributed by atoms with Crippen molar-refractivity contribution in [2.24, 2.45) is 10.2 Å². The molecule has 0 spiro atoms. The Bertz CT molecular complexity index is 2590. The molecule has 8 N–H and O–H groups in total. The van der Waals surface area contributed by atoms with E-state index in [1.807, 2.05) is 0 Å². The van der Waals surface area contributed by atoms with E-state index in [9.17, 15) is 51.9 Å². The van der Waals surface area contributed by atoms with Crippen LogP contribution in [0.3, 0.4) is 0 Å². The van der Waals surface area contributed by atoms with Crippen LogP contribution < -0.4 is 16.6 Å². The Labute approximate surface area is 266 Å². The number of hydrogen-bond donors (Lipinski definition) is 7. The van der Waals surface area contributed by atoms with E-state index in [2.05, 4.69) is 21.1 Å². The fraction of sp³-hybridized carbons (Fsp3) is 0. The third-order valence-corrected chi connectivity index (χ3v) is 10.2. The highest BCUT2D eigenvalue weighted by Crippen LogP contribution is 2.38. The quantitative estimate of drug-likeness (QED) is 0.0479. The van der Waals surface area contributed by atoms with Crippen LogP contribution in [0.2, 0.25) is 0 Å². The minimum atomic E-state index is -4.89. The normalized spacial score (nSPS) is 12.9. The monoisotopic (exact) mass is 723 g/mol. The van der Waals surface area contributed by atoms with E-state index in [0.717, 1.165) is 36.4 Å². The minimum absolute atomic E-state index is 0.0158. The maximum absolute atomic E-state index is 11.9. The van der Waals surface area contributed by atoms with E-state index in [4.69, 9.17) is 5.73 Å². The Hall–Kier alpha value is -4.74. The molecule has 47 heavy (non-hydrogen) atoms. The second-order valence-corrected chi connectivity index (χ2v) is 15.3. The lowest BCUT2D eigenvalue weighted by molar-refractivity contribution is 0.479. The molecule has 0 fully saturated rings. The molecule has 0 saturated carbocycles. The lowest BCUT2D eigenvalue weighted by Crippen LogP contribution is -2.14. The Morgan fingerprint density at radius 3 is 1.68 bits per heavy atom. The zero-order valence-corrected chi connectivity index (χ0v) is 26.4. The number of anilines is 3. The third kappa shape index (κ3) is 7.01. The molecular weight excluding hydrogens is 703 g/mol. The molecule has 5 rings (SSSR count). The molecule has 0 radical (unpaired) electrons. The molecule has 0 saturated heterocycles. The van der Waals surface area contributed by atoms with Crippen LogP contribution >= 0.6 is 0 Å². The van der Waals surface area contributed by atoms with Gasteiger partial charge >= 0.3 is 0 Å². The fourth-order valence-corrected chi connectivity index (χ4v) is 6.97. The van der Waals surface area contributed by atoms with Gasteiger partial charge in [0.25, 0.3) is 40.5 Å². The Kier molecular flexibility index (Phi) is 8.45. The number of nitrogen functional groups attached to an aromatic ring is 1. The SMILES string of the molecule is Nc1ccc(N=Nc2ccc(NNc3cc(S(=O)(=O)O)ccc3S(=O)(=O)O)c3ccc(S(=O)(=O)O)cc23)c2cccc(S(=O)(=O)O)c12. The second kappa shape index (κ2) is 11.8. The van der Waals surface area contributed by atoms with Gasteiger partial charge in [0, 0.05) is 27.2 Å². The standard InChI is InChI=1S/C26H21N5O12S4/c27-19-7-8-21(17-2-1-3-25(26(17)19)47(41,42)43)29-30-22-10-9-20(16-6-4-14(12-18(16)22)44(32,33)34)28-31-23-13-15(45(35,36)37)5-11-24(23)46(38,39)40/h1-13,28,31H,27H2,(H,32,33,34)(H,35,36,37)(H,38,39,40)(H,41,42,43). The van der Waals surface area contributed by atoms with Gasteiger partial charge in [0.2, 0.25) is 0 Å². The lowest BCUT2D eigenvalue weighted by atomic mass is 10.1. The smallest absolute Gasteiger partial charge is 0.296 e. The molecule has 5 aromatic carbocycles. The second-order valence-electron chi connectivity index (χ2n) is 9.70. The summed E-state index contributed by atoms with van der Waals surface area (Å²) in [6.07, 6.45) is 0. The van der Waals surface area contributed by atoms with E-state index < -0.39 is 65.7 Å². The van der Waals surface area contributed by atoms with Gasteiger partial charge in [0.1, 0.15) is 9.79 Å². The summed E-state index contributed by atoms with van der Waals surface area (Å²) < 4.78 is 133. The highest BCUT2D eigenvalue weighted by atomic mass is 32.2. The molecular formula is C26H21N5O12S4. The van der Waals surface area contributed by atoms with Crippen LogP contribution in [0.5, 0.6) is 0 Å². The van der Waals surface area contributed by atoms with Crippen LogP contribution in [0, 0.1) is 0 Å². The molecule has 17 nitrogen and oxygen atoms in total. The number of hydrogen-bond acceptors (Lipinski definition) is 13. The summed E-state index contributed by atoms with van der Waals surface area (Å²) in [6.45, 7) is 0. The number of nitrogens with one attached hydrogen (secondary N) is 2. The van der Waals surface area contributed by atoms with Crippen LogP contribution in [0.15, 0.2) is 109 Å². The van der Waals surface area contributed by atoms with E-state index in [1.54, 1.807) is 0 Å². The molecule has 0 aliphatic heterocycles. The number of nitrogens with zero attached hydrogens (tertiary/aromatic N) is 2. The van der Waals surface area contributed by atoms with Crippen molar-refractivity contribution in [1.82, 2.24) is 0 Å². The third-order valence-electron chi connectivity index (χ3n) is 6.68. The Morgan fingerprint density at radius 2 is 1.06 bits per heavy atom. The van der Waals surface area contributed by atoms with E-state index >= 15 is 0 Å². The summed E-state index contributed by atoms with van der Waals surface area (Å²) in [5, 5.41) is 8.82. The summed E-state index contributed by atoms with van der Waals surface area (Å²) in [7, 11) is -19.1. The highest BCUT2D eigenvalue weighted by Gasteiger charge is 2.21. The zero-order chi connectivity index (χ0) is 34.5. The highest BCUT2D eigenvalue weighted by molar-refractivity contribution is 7.86. The predicted molar refractivity (Wildman–Crippen MR) is 169 cm³/mol. The number of fused-ring (bicyclic) bond motifs is 2. The molecule has 0 heterocycles. The van der Waals surface area contributed by atoms with Crippen molar-refractivity contribution in [1.29, 1.82) is 0 Å². The van der Waals surface area contributed by atoms with Crippen LogP contribution in [-0.4, -0.2) is 51.9 Å². The first-order valence-corrected chi connectivity index (χ1v) is 18.4. The van der Waals surface area contributed by atoms with Gasteiger partial charge in [-0.1, -0.05) is 18.2 Å². The predicted octanol–water partition coefficient (Wildman–Crippen LogP) is 4.42. The molecule has 0 atom stereocenters. The Morgan fingerprint density at radius 1 is 0.511 bits per heavy atom. The van der Waals surface area contributed by atoms with E-state index in [1.165, 1.54) is 42.5 Å². The first-order valence-electron chi connectivity index (χ1n) is 12.6. The van der Waals surface area contributed by atoms with E-state index in [0.29, 0.717) is 0 Å². The molecule has 21 heteroatoms. The molecule has 0 unspecified atom stereocenters. The summed E-state index contributed by atoms with van der Waals surface area (Å²) in [4.78, 5) is -2.45. The van der Waals surface area contributed by atoms with Gasteiger partial charge in [-0.2, -0.15) is 33.7 Å².